The Morgan fingerprint density at radius 3 is 1.37 bits per heavy atom. The quantitative estimate of drug-likeness (QED) is 0.166. The lowest BCUT2D eigenvalue weighted by molar-refractivity contribution is 0.753. The number of thiazole rings is 2. The first-order valence-electron chi connectivity index (χ1n) is 22.7. The van der Waals surface area contributed by atoms with E-state index in [9.17, 15) is 0 Å². The standard InChI is InChI=1S/C61H37N5S2/c1-2-10-46(11-3-1)66-55-16-8-6-14-50(55)61(51-15-7-9-17-56(51)66)49-13-5-4-12-47(49)48-27-26-42(35-52(48)61)45-33-43(38-18-22-40(23-19-38)59-64-53-36-62-30-28-57(53)67-59)32-44(34-45)39-20-24-41(25-21-39)60-65-54-37-63-31-29-58(54)68-60/h1-37H. The normalized spacial score (nSPS) is 13.1. The number of pyridine rings is 2. The van der Waals surface area contributed by atoms with E-state index in [1.165, 1.54) is 50.3 Å². The molecule has 0 fully saturated rings. The summed E-state index contributed by atoms with van der Waals surface area (Å²) < 4.78 is 2.27. The highest BCUT2D eigenvalue weighted by Gasteiger charge is 2.51. The summed E-state index contributed by atoms with van der Waals surface area (Å²) >= 11 is 3.39. The highest BCUT2D eigenvalue weighted by molar-refractivity contribution is 7.22. The van der Waals surface area contributed by atoms with E-state index in [-0.39, 0.29) is 0 Å². The number of fused-ring (bicyclic) bond motifs is 11. The first-order chi connectivity index (χ1) is 33.7. The molecule has 7 heteroatoms. The summed E-state index contributed by atoms with van der Waals surface area (Å²) in [5, 5.41) is 1.98. The second kappa shape index (κ2) is 15.4. The summed E-state index contributed by atoms with van der Waals surface area (Å²) in [7, 11) is 0. The highest BCUT2D eigenvalue weighted by Crippen LogP contribution is 2.63. The van der Waals surface area contributed by atoms with E-state index >= 15 is 0 Å². The van der Waals surface area contributed by atoms with Gasteiger partial charge in [-0.2, -0.15) is 0 Å². The van der Waals surface area contributed by atoms with E-state index in [1.807, 2.05) is 36.9 Å². The zero-order chi connectivity index (χ0) is 44.8. The van der Waals surface area contributed by atoms with Crippen molar-refractivity contribution in [1.82, 2.24) is 19.9 Å². The number of anilines is 3. The van der Waals surface area contributed by atoms with Gasteiger partial charge in [-0.25, -0.2) is 9.97 Å². The predicted molar refractivity (Wildman–Crippen MR) is 281 cm³/mol. The molecule has 5 nitrogen and oxygen atoms in total. The molecule has 14 rings (SSSR count). The Labute approximate surface area is 401 Å². The Kier molecular flexibility index (Phi) is 8.78. The second-order valence-electron chi connectivity index (χ2n) is 17.4. The van der Waals surface area contributed by atoms with Gasteiger partial charge in [-0.1, -0.05) is 140 Å². The van der Waals surface area contributed by atoms with E-state index in [1.54, 1.807) is 22.7 Å². The summed E-state index contributed by atoms with van der Waals surface area (Å²) in [5.41, 5.74) is 21.6. The third-order valence-corrected chi connectivity index (χ3v) is 15.9. The minimum atomic E-state index is -0.556. The molecular weight excluding hydrogens is 867 g/mol. The Bertz CT molecular complexity index is 3680. The molecule has 1 spiro atoms. The van der Waals surface area contributed by atoms with Gasteiger partial charge in [-0.05, 0) is 127 Å². The van der Waals surface area contributed by atoms with E-state index in [0.29, 0.717) is 0 Å². The van der Waals surface area contributed by atoms with Crippen LogP contribution in [0.4, 0.5) is 17.1 Å². The van der Waals surface area contributed by atoms with Crippen LogP contribution < -0.4 is 4.90 Å². The lowest BCUT2D eigenvalue weighted by Gasteiger charge is -2.45. The van der Waals surface area contributed by atoms with Crippen molar-refractivity contribution in [2.24, 2.45) is 0 Å². The van der Waals surface area contributed by atoms with Crippen LogP contribution >= 0.6 is 22.7 Å². The molecule has 0 bridgehead atoms. The average Bonchev–Trinajstić information content (AvgIpc) is 4.13. The molecule has 1 aliphatic heterocycles. The number of nitrogens with zero attached hydrogens (tertiary/aromatic N) is 5. The van der Waals surface area contributed by atoms with Gasteiger partial charge < -0.3 is 4.90 Å². The molecule has 0 radical (unpaired) electrons. The summed E-state index contributed by atoms with van der Waals surface area (Å²) in [6.07, 6.45) is 7.33. The Hall–Kier alpha value is -8.36. The lowest BCUT2D eigenvalue weighted by Crippen LogP contribution is -2.36. The molecule has 1 aliphatic carbocycles. The fourth-order valence-electron chi connectivity index (χ4n) is 10.7. The van der Waals surface area contributed by atoms with Crippen molar-refractivity contribution in [3.05, 3.63) is 247 Å². The molecule has 2 aliphatic rings. The summed E-state index contributed by atoms with van der Waals surface area (Å²) in [6, 6.07) is 73.9. The van der Waals surface area contributed by atoms with E-state index < -0.39 is 5.41 Å². The summed E-state index contributed by atoms with van der Waals surface area (Å²) in [5.74, 6) is 0. The van der Waals surface area contributed by atoms with Gasteiger partial charge in [0.2, 0.25) is 0 Å². The highest BCUT2D eigenvalue weighted by atomic mass is 32.1. The molecule has 8 aromatic carbocycles. The van der Waals surface area contributed by atoms with Crippen LogP contribution in [0.25, 0.3) is 86.1 Å². The van der Waals surface area contributed by atoms with Crippen LogP contribution in [0.15, 0.2) is 225 Å². The molecule has 318 valence electrons. The number of rotatable bonds is 6. The Balaban J connectivity index is 0.945. The smallest absolute Gasteiger partial charge is 0.124 e. The van der Waals surface area contributed by atoms with Crippen LogP contribution in [0, 0.1) is 0 Å². The zero-order valence-corrected chi connectivity index (χ0v) is 38.0. The molecule has 0 saturated carbocycles. The molecule has 0 amide bonds. The number of hydrogen-bond acceptors (Lipinski definition) is 7. The van der Waals surface area contributed by atoms with Gasteiger partial charge >= 0.3 is 0 Å². The molecule has 5 heterocycles. The van der Waals surface area contributed by atoms with Crippen molar-refractivity contribution in [2.45, 2.75) is 5.41 Å². The fraction of sp³-hybridized carbons (Fsp3) is 0.0164. The SMILES string of the molecule is c1ccc(N2c3ccccc3C3(c4ccccc4-c4ccc(-c5cc(-c6ccc(-c7nc8cnccc8s7)cc6)cc(-c6ccc(-c7nc8cnccc8s7)cc6)c5)cc43)c3ccccc32)cc1. The van der Waals surface area contributed by atoms with Crippen LogP contribution in [0.5, 0.6) is 0 Å². The minimum absolute atomic E-state index is 0.556. The van der Waals surface area contributed by atoms with E-state index in [0.717, 1.165) is 75.1 Å². The fourth-order valence-corrected chi connectivity index (χ4v) is 12.6. The molecule has 12 aromatic rings. The zero-order valence-electron chi connectivity index (χ0n) is 36.4. The number of aromatic nitrogens is 4. The molecule has 4 aromatic heterocycles. The topological polar surface area (TPSA) is 54.8 Å². The first kappa shape index (κ1) is 38.9. The maximum absolute atomic E-state index is 4.91. The molecule has 0 saturated heterocycles. The van der Waals surface area contributed by atoms with Gasteiger partial charge in [0.15, 0.2) is 0 Å². The van der Waals surface area contributed by atoms with Crippen molar-refractivity contribution >= 4 is 60.2 Å². The van der Waals surface area contributed by atoms with Crippen LogP contribution in [0.2, 0.25) is 0 Å². The molecule has 68 heavy (non-hydrogen) atoms. The second-order valence-corrected chi connectivity index (χ2v) is 19.5. The molecule has 0 atom stereocenters. The maximum Gasteiger partial charge on any atom is 0.124 e. The van der Waals surface area contributed by atoms with E-state index in [2.05, 4.69) is 203 Å². The third kappa shape index (κ3) is 5.99. The first-order valence-corrected chi connectivity index (χ1v) is 24.4. The summed E-state index contributed by atoms with van der Waals surface area (Å²) in [6.45, 7) is 0. The minimum Gasteiger partial charge on any atom is -0.310 e. The maximum atomic E-state index is 4.91. The largest absolute Gasteiger partial charge is 0.310 e. The third-order valence-electron chi connectivity index (χ3n) is 13.7. The average molecular weight is 904 g/mol. The van der Waals surface area contributed by atoms with E-state index in [4.69, 9.17) is 9.97 Å². The molecule has 0 N–H and O–H groups in total. The molecule has 0 unspecified atom stereocenters. The van der Waals surface area contributed by atoms with Gasteiger partial charge in [0, 0.05) is 29.2 Å². The van der Waals surface area contributed by atoms with Gasteiger partial charge in [0.05, 0.1) is 38.6 Å². The van der Waals surface area contributed by atoms with Crippen molar-refractivity contribution < 1.29 is 0 Å². The number of para-hydroxylation sites is 3. The van der Waals surface area contributed by atoms with Crippen LogP contribution in [-0.4, -0.2) is 19.9 Å². The predicted octanol–water partition coefficient (Wildman–Crippen LogP) is 16.2. The van der Waals surface area contributed by atoms with Crippen molar-refractivity contribution in [3.63, 3.8) is 0 Å². The summed E-state index contributed by atoms with van der Waals surface area (Å²) in [4.78, 5) is 20.8. The van der Waals surface area contributed by atoms with Crippen molar-refractivity contribution in [3.8, 4) is 65.6 Å². The van der Waals surface area contributed by atoms with Gasteiger partial charge in [-0.3, -0.25) is 9.97 Å². The van der Waals surface area contributed by atoms with Crippen LogP contribution in [0.3, 0.4) is 0 Å². The van der Waals surface area contributed by atoms with Crippen molar-refractivity contribution in [1.29, 1.82) is 0 Å². The lowest BCUT2D eigenvalue weighted by atomic mass is 9.64. The van der Waals surface area contributed by atoms with Crippen LogP contribution in [-0.2, 0) is 5.41 Å². The van der Waals surface area contributed by atoms with Gasteiger partial charge in [0.1, 0.15) is 21.0 Å². The monoisotopic (exact) mass is 903 g/mol. The van der Waals surface area contributed by atoms with Crippen LogP contribution in [0.1, 0.15) is 22.3 Å². The van der Waals surface area contributed by atoms with Gasteiger partial charge in [0.25, 0.3) is 0 Å². The van der Waals surface area contributed by atoms with Gasteiger partial charge in [-0.15, -0.1) is 22.7 Å². The number of hydrogen-bond donors (Lipinski definition) is 0. The molecular formula is C61H37N5S2. The Morgan fingerprint density at radius 2 is 0.809 bits per heavy atom. The number of benzene rings is 8. The van der Waals surface area contributed by atoms with Crippen molar-refractivity contribution in [2.75, 3.05) is 4.90 Å². The Morgan fingerprint density at radius 1 is 0.353 bits per heavy atom.